The van der Waals surface area contributed by atoms with Crippen LogP contribution in [0.1, 0.15) is 87.8 Å². The van der Waals surface area contributed by atoms with Gasteiger partial charge in [-0.1, -0.05) is 64.8 Å². The highest BCUT2D eigenvalue weighted by Gasteiger charge is 2.47. The van der Waals surface area contributed by atoms with Crippen molar-refractivity contribution < 1.29 is 15.0 Å². The number of para-hydroxylation sites is 1. The Hall–Kier alpha value is -2.57. The largest absolute Gasteiger partial charge is 0.508 e. The van der Waals surface area contributed by atoms with Crippen molar-refractivity contribution in [2.45, 2.75) is 76.7 Å². The number of nitrogens with one attached hydrogen (secondary N) is 2. The molecule has 2 aliphatic rings. The second-order valence-electron chi connectivity index (χ2n) is 10.7. The van der Waals surface area contributed by atoms with Gasteiger partial charge in [0.05, 0.1) is 6.54 Å². The molecule has 6 nitrogen and oxygen atoms in total. The smallest absolute Gasteiger partial charge is 0.238 e. The normalized spacial score (nSPS) is 23.2. The van der Waals surface area contributed by atoms with Gasteiger partial charge in [-0.05, 0) is 47.4 Å². The van der Waals surface area contributed by atoms with Crippen molar-refractivity contribution in [1.29, 1.82) is 0 Å². The lowest BCUT2D eigenvalue weighted by Gasteiger charge is -2.42. The first kappa shape index (κ1) is 24.6. The highest BCUT2D eigenvalue weighted by molar-refractivity contribution is 5.94. The topological polar surface area (TPSA) is 84.8 Å². The molecule has 2 aromatic carbocycles. The molecule has 184 valence electrons. The third-order valence-corrected chi connectivity index (χ3v) is 7.59. The molecule has 1 aliphatic carbocycles. The Morgan fingerprint density at radius 2 is 1.82 bits per heavy atom. The maximum atomic E-state index is 13.2. The summed E-state index contributed by atoms with van der Waals surface area (Å²) in [7, 11) is 0. The van der Waals surface area contributed by atoms with E-state index in [2.05, 4.69) is 61.4 Å². The number of nitrogens with zero attached hydrogens (tertiary/aromatic N) is 1. The van der Waals surface area contributed by atoms with Gasteiger partial charge in [-0.3, -0.25) is 15.0 Å². The van der Waals surface area contributed by atoms with Crippen molar-refractivity contribution in [3.8, 4) is 11.5 Å². The summed E-state index contributed by atoms with van der Waals surface area (Å²) < 4.78 is 0. The summed E-state index contributed by atoms with van der Waals surface area (Å²) in [5.41, 5.74) is 4.01. The fraction of sp³-hybridized carbons (Fsp3) is 0.536. The van der Waals surface area contributed by atoms with Gasteiger partial charge in [-0.25, -0.2) is 0 Å². The van der Waals surface area contributed by atoms with Crippen LogP contribution in [0.5, 0.6) is 11.5 Å². The quantitative estimate of drug-likeness (QED) is 0.469. The molecule has 1 heterocycles. The van der Waals surface area contributed by atoms with Gasteiger partial charge < -0.3 is 15.5 Å². The van der Waals surface area contributed by atoms with Crippen LogP contribution in [0.4, 0.5) is 5.69 Å². The molecule has 1 amide bonds. The van der Waals surface area contributed by atoms with Crippen LogP contribution in [0, 0.1) is 0 Å². The summed E-state index contributed by atoms with van der Waals surface area (Å²) >= 11 is 0. The average molecular weight is 466 g/mol. The number of rotatable bonds is 6. The number of anilines is 1. The van der Waals surface area contributed by atoms with E-state index in [0.29, 0.717) is 25.0 Å². The number of hydrogen-bond donors (Lipinski definition) is 4. The van der Waals surface area contributed by atoms with Gasteiger partial charge >= 0.3 is 0 Å². The van der Waals surface area contributed by atoms with E-state index in [9.17, 15) is 15.0 Å². The number of aromatic hydroxyl groups is 2. The standard InChI is InChI=1S/C28H39N3O3/c1-18(2)21-8-7-9-22(19(3)4)27(21)30-26(34)15-31-16-28(29-17-31)13-6-5-10-24(28)23-12-11-20(32)14-25(23)33/h7-9,11-12,14,18-19,24,29,32-33H,5-6,10,13,15-17H2,1-4H3,(H,30,34). The summed E-state index contributed by atoms with van der Waals surface area (Å²) in [6, 6.07) is 11.2. The molecule has 0 radical (unpaired) electrons. The first-order chi connectivity index (χ1) is 16.2. The maximum absolute atomic E-state index is 13.2. The first-order valence-electron chi connectivity index (χ1n) is 12.6. The number of carbonyl (C=O) groups excluding carboxylic acids is 1. The van der Waals surface area contributed by atoms with E-state index in [1.807, 2.05) is 6.07 Å². The van der Waals surface area contributed by atoms with Crippen LogP contribution in [0.2, 0.25) is 0 Å². The minimum atomic E-state index is -0.175. The Labute approximate surface area is 203 Å². The molecule has 6 heteroatoms. The monoisotopic (exact) mass is 465 g/mol. The van der Waals surface area contributed by atoms with E-state index in [1.54, 1.807) is 6.07 Å². The minimum absolute atomic E-state index is 0.00805. The number of hydrogen-bond acceptors (Lipinski definition) is 5. The molecular weight excluding hydrogens is 426 g/mol. The number of benzene rings is 2. The molecule has 2 atom stereocenters. The summed E-state index contributed by atoms with van der Waals surface area (Å²) in [6.45, 7) is 10.4. The zero-order chi connectivity index (χ0) is 24.5. The van der Waals surface area contributed by atoms with Gasteiger partial charge in [0.1, 0.15) is 11.5 Å². The molecule has 2 unspecified atom stereocenters. The first-order valence-corrected chi connectivity index (χ1v) is 12.6. The Bertz CT molecular complexity index is 1010. The zero-order valence-corrected chi connectivity index (χ0v) is 20.9. The van der Waals surface area contributed by atoms with Crippen LogP contribution in [-0.4, -0.2) is 46.3 Å². The third kappa shape index (κ3) is 4.93. The summed E-state index contributed by atoms with van der Waals surface area (Å²) in [5.74, 6) is 1.03. The molecule has 2 aromatic rings. The Kier molecular flexibility index (Phi) is 7.20. The number of phenolic OH excluding ortho intramolecular Hbond substituents is 2. The zero-order valence-electron chi connectivity index (χ0n) is 20.9. The predicted molar refractivity (Wildman–Crippen MR) is 137 cm³/mol. The van der Waals surface area contributed by atoms with Crippen molar-refractivity contribution in [3.63, 3.8) is 0 Å². The number of amides is 1. The molecular formula is C28H39N3O3. The van der Waals surface area contributed by atoms with E-state index in [0.717, 1.165) is 43.5 Å². The van der Waals surface area contributed by atoms with Gasteiger partial charge in [-0.15, -0.1) is 0 Å². The van der Waals surface area contributed by atoms with Crippen LogP contribution in [0.25, 0.3) is 0 Å². The molecule has 4 rings (SSSR count). The molecule has 2 fully saturated rings. The SMILES string of the molecule is CC(C)c1cccc(C(C)C)c1NC(=O)CN1CNC2(CCCCC2c2ccc(O)cc2O)C1. The van der Waals surface area contributed by atoms with Crippen LogP contribution < -0.4 is 10.6 Å². The fourth-order valence-electron chi connectivity index (χ4n) is 5.89. The van der Waals surface area contributed by atoms with Crippen molar-refractivity contribution in [2.75, 3.05) is 25.1 Å². The van der Waals surface area contributed by atoms with Crippen LogP contribution in [0.15, 0.2) is 36.4 Å². The van der Waals surface area contributed by atoms with Crippen LogP contribution in [-0.2, 0) is 4.79 Å². The lowest BCUT2D eigenvalue weighted by atomic mass is 9.69. The van der Waals surface area contributed by atoms with E-state index >= 15 is 0 Å². The highest BCUT2D eigenvalue weighted by atomic mass is 16.3. The lowest BCUT2D eigenvalue weighted by molar-refractivity contribution is -0.117. The molecule has 0 aromatic heterocycles. The van der Waals surface area contributed by atoms with Gasteiger partial charge in [0.25, 0.3) is 0 Å². The van der Waals surface area contributed by atoms with Gasteiger partial charge in [-0.2, -0.15) is 0 Å². The molecule has 34 heavy (non-hydrogen) atoms. The Balaban J connectivity index is 1.49. The molecule has 4 N–H and O–H groups in total. The Morgan fingerprint density at radius 1 is 1.12 bits per heavy atom. The maximum Gasteiger partial charge on any atom is 0.238 e. The van der Waals surface area contributed by atoms with Crippen molar-refractivity contribution in [2.24, 2.45) is 0 Å². The molecule has 0 bridgehead atoms. The van der Waals surface area contributed by atoms with Crippen LogP contribution >= 0.6 is 0 Å². The van der Waals surface area contributed by atoms with E-state index in [-0.39, 0.29) is 28.9 Å². The van der Waals surface area contributed by atoms with E-state index in [4.69, 9.17) is 0 Å². The lowest BCUT2D eigenvalue weighted by Crippen LogP contribution is -2.50. The summed E-state index contributed by atoms with van der Waals surface area (Å²) in [5, 5.41) is 27.2. The highest BCUT2D eigenvalue weighted by Crippen LogP contribution is 2.46. The van der Waals surface area contributed by atoms with Crippen molar-refractivity contribution in [3.05, 3.63) is 53.1 Å². The summed E-state index contributed by atoms with van der Waals surface area (Å²) in [4.78, 5) is 15.4. The minimum Gasteiger partial charge on any atom is -0.508 e. The second-order valence-corrected chi connectivity index (χ2v) is 10.7. The molecule has 1 aliphatic heterocycles. The fourth-order valence-corrected chi connectivity index (χ4v) is 5.89. The second kappa shape index (κ2) is 9.96. The third-order valence-electron chi connectivity index (χ3n) is 7.59. The number of phenols is 2. The average Bonchev–Trinajstić information content (AvgIpc) is 3.16. The molecule has 1 saturated carbocycles. The van der Waals surface area contributed by atoms with Gasteiger partial charge in [0.15, 0.2) is 0 Å². The van der Waals surface area contributed by atoms with E-state index in [1.165, 1.54) is 17.2 Å². The molecule has 1 spiro atoms. The number of carbonyl (C=O) groups is 1. The predicted octanol–water partition coefficient (Wildman–Crippen LogP) is 5.24. The Morgan fingerprint density at radius 3 is 2.47 bits per heavy atom. The molecule has 1 saturated heterocycles. The van der Waals surface area contributed by atoms with Gasteiger partial charge in [0.2, 0.25) is 5.91 Å². The summed E-state index contributed by atoms with van der Waals surface area (Å²) in [6.07, 6.45) is 4.22. The van der Waals surface area contributed by atoms with E-state index < -0.39 is 0 Å². The van der Waals surface area contributed by atoms with Gasteiger partial charge in [0, 0.05) is 36.4 Å². The van der Waals surface area contributed by atoms with Crippen molar-refractivity contribution >= 4 is 11.6 Å². The van der Waals surface area contributed by atoms with Crippen LogP contribution in [0.3, 0.4) is 0 Å². The van der Waals surface area contributed by atoms with Crippen molar-refractivity contribution in [1.82, 2.24) is 10.2 Å².